The highest BCUT2D eigenvalue weighted by Crippen LogP contribution is 2.28. The standard InChI is InChI=1S/C20H35N5O3/c1-13(2)12-22-19(28)16(10-14-6-4-3-5-7-14)24-20(21)25-18(27)11-15-8-9-17(26)23-15/h13-16H,3-12H2,1-2H3,(H,22,28)(H,23,26)(H3,21,24,25,27). The van der Waals surface area contributed by atoms with Gasteiger partial charge in [0.2, 0.25) is 17.7 Å². The summed E-state index contributed by atoms with van der Waals surface area (Å²) < 4.78 is 0. The largest absolute Gasteiger partial charge is 0.370 e. The average Bonchev–Trinajstić information content (AvgIpc) is 3.04. The molecule has 0 spiro atoms. The van der Waals surface area contributed by atoms with Crippen LogP contribution in [0.15, 0.2) is 4.99 Å². The number of nitrogens with zero attached hydrogens (tertiary/aromatic N) is 1. The zero-order valence-electron chi connectivity index (χ0n) is 17.1. The molecule has 0 aromatic rings. The van der Waals surface area contributed by atoms with Gasteiger partial charge < -0.3 is 16.4 Å². The van der Waals surface area contributed by atoms with E-state index >= 15 is 0 Å². The van der Waals surface area contributed by atoms with E-state index in [4.69, 9.17) is 5.73 Å². The first kappa shape index (κ1) is 22.2. The van der Waals surface area contributed by atoms with Gasteiger partial charge in [-0.05, 0) is 24.7 Å². The molecule has 0 aromatic heterocycles. The lowest BCUT2D eigenvalue weighted by Crippen LogP contribution is -2.43. The van der Waals surface area contributed by atoms with Crippen molar-refractivity contribution < 1.29 is 14.4 Å². The smallest absolute Gasteiger partial charge is 0.244 e. The minimum atomic E-state index is -0.590. The van der Waals surface area contributed by atoms with Gasteiger partial charge in [-0.15, -0.1) is 0 Å². The molecule has 5 N–H and O–H groups in total. The monoisotopic (exact) mass is 393 g/mol. The highest BCUT2D eigenvalue weighted by molar-refractivity contribution is 5.98. The third-order valence-corrected chi connectivity index (χ3v) is 5.35. The van der Waals surface area contributed by atoms with Crippen molar-refractivity contribution in [3.8, 4) is 0 Å². The molecule has 158 valence electrons. The molecular weight excluding hydrogens is 358 g/mol. The molecule has 0 bridgehead atoms. The number of hydrogen-bond acceptors (Lipinski definition) is 4. The maximum Gasteiger partial charge on any atom is 0.244 e. The summed E-state index contributed by atoms with van der Waals surface area (Å²) in [5.41, 5.74) is 5.93. The van der Waals surface area contributed by atoms with E-state index in [1.54, 1.807) is 0 Å². The second kappa shape index (κ2) is 11.0. The molecule has 28 heavy (non-hydrogen) atoms. The van der Waals surface area contributed by atoms with E-state index in [-0.39, 0.29) is 36.1 Å². The number of amides is 3. The van der Waals surface area contributed by atoms with Crippen LogP contribution in [0.1, 0.15) is 71.6 Å². The molecule has 1 aliphatic carbocycles. The Morgan fingerprint density at radius 1 is 1.21 bits per heavy atom. The first-order valence-corrected chi connectivity index (χ1v) is 10.5. The minimum Gasteiger partial charge on any atom is -0.370 e. The number of guanidine groups is 1. The lowest BCUT2D eigenvalue weighted by Gasteiger charge is -2.24. The van der Waals surface area contributed by atoms with E-state index in [1.807, 2.05) is 13.8 Å². The summed E-state index contributed by atoms with van der Waals surface area (Å²) in [5.74, 6) is 0.307. The van der Waals surface area contributed by atoms with Gasteiger partial charge in [0.05, 0.1) is 0 Å². The Kier molecular flexibility index (Phi) is 8.73. The van der Waals surface area contributed by atoms with Gasteiger partial charge in [0.25, 0.3) is 0 Å². The third-order valence-electron chi connectivity index (χ3n) is 5.35. The Labute approximate surface area is 167 Å². The van der Waals surface area contributed by atoms with Gasteiger partial charge in [-0.3, -0.25) is 19.7 Å². The van der Waals surface area contributed by atoms with Crippen LogP contribution >= 0.6 is 0 Å². The number of nitrogens with one attached hydrogen (secondary N) is 3. The molecule has 0 aromatic carbocycles. The third kappa shape index (κ3) is 7.86. The van der Waals surface area contributed by atoms with E-state index < -0.39 is 6.04 Å². The predicted octanol–water partition coefficient (Wildman–Crippen LogP) is 1.20. The van der Waals surface area contributed by atoms with E-state index in [0.29, 0.717) is 37.6 Å². The van der Waals surface area contributed by atoms with E-state index in [1.165, 1.54) is 19.3 Å². The molecule has 2 aliphatic rings. The molecule has 2 atom stereocenters. The van der Waals surface area contributed by atoms with Crippen LogP contribution in [0.25, 0.3) is 0 Å². The number of hydrogen-bond donors (Lipinski definition) is 4. The summed E-state index contributed by atoms with van der Waals surface area (Å²) in [7, 11) is 0. The van der Waals surface area contributed by atoms with Crippen LogP contribution in [-0.4, -0.2) is 42.3 Å². The molecule has 3 amide bonds. The van der Waals surface area contributed by atoms with Gasteiger partial charge in [-0.25, -0.2) is 4.99 Å². The van der Waals surface area contributed by atoms with Crippen LogP contribution in [0.4, 0.5) is 0 Å². The van der Waals surface area contributed by atoms with Crippen molar-refractivity contribution in [2.75, 3.05) is 6.54 Å². The van der Waals surface area contributed by atoms with Crippen molar-refractivity contribution >= 4 is 23.7 Å². The molecule has 8 nitrogen and oxygen atoms in total. The fourth-order valence-electron chi connectivity index (χ4n) is 3.83. The number of rotatable bonds is 8. The lowest BCUT2D eigenvalue weighted by atomic mass is 9.84. The van der Waals surface area contributed by atoms with Crippen molar-refractivity contribution in [3.63, 3.8) is 0 Å². The average molecular weight is 394 g/mol. The van der Waals surface area contributed by atoms with Crippen molar-refractivity contribution in [1.29, 1.82) is 0 Å². The molecule has 8 heteroatoms. The van der Waals surface area contributed by atoms with Crippen molar-refractivity contribution in [1.82, 2.24) is 16.0 Å². The maximum absolute atomic E-state index is 12.6. The summed E-state index contributed by atoms with van der Waals surface area (Å²) in [4.78, 5) is 40.4. The molecule has 1 saturated heterocycles. The van der Waals surface area contributed by atoms with Gasteiger partial charge >= 0.3 is 0 Å². The molecule has 0 radical (unpaired) electrons. The summed E-state index contributed by atoms with van der Waals surface area (Å²) in [5, 5.41) is 8.25. The van der Waals surface area contributed by atoms with Gasteiger partial charge in [-0.2, -0.15) is 0 Å². The number of carbonyl (C=O) groups excluding carboxylic acids is 3. The van der Waals surface area contributed by atoms with E-state index in [9.17, 15) is 14.4 Å². The molecular formula is C20H35N5O3. The van der Waals surface area contributed by atoms with E-state index in [0.717, 1.165) is 12.8 Å². The van der Waals surface area contributed by atoms with Crippen LogP contribution in [0.5, 0.6) is 0 Å². The molecule has 1 aliphatic heterocycles. The number of aliphatic imine (C=N–C) groups is 1. The molecule has 2 fully saturated rings. The van der Waals surface area contributed by atoms with Gasteiger partial charge in [0.15, 0.2) is 5.96 Å². The number of carbonyl (C=O) groups is 3. The molecule has 2 rings (SSSR count). The van der Waals surface area contributed by atoms with Gasteiger partial charge in [-0.1, -0.05) is 46.0 Å². The quantitative estimate of drug-likeness (QED) is 0.365. The Balaban J connectivity index is 1.93. The summed E-state index contributed by atoms with van der Waals surface area (Å²) in [6.45, 7) is 4.66. The minimum absolute atomic E-state index is 0.0326. The summed E-state index contributed by atoms with van der Waals surface area (Å²) >= 11 is 0. The fourth-order valence-corrected chi connectivity index (χ4v) is 3.83. The maximum atomic E-state index is 12.6. The highest BCUT2D eigenvalue weighted by atomic mass is 16.2. The van der Waals surface area contributed by atoms with Crippen LogP contribution in [0.3, 0.4) is 0 Å². The second-order valence-electron chi connectivity index (χ2n) is 8.46. The highest BCUT2D eigenvalue weighted by Gasteiger charge is 2.26. The second-order valence-corrected chi connectivity index (χ2v) is 8.46. The summed E-state index contributed by atoms with van der Waals surface area (Å²) in [6, 6.07) is -0.749. The normalized spacial score (nSPS) is 22.0. The first-order valence-electron chi connectivity index (χ1n) is 10.5. The summed E-state index contributed by atoms with van der Waals surface area (Å²) in [6.07, 6.45) is 7.75. The zero-order chi connectivity index (χ0) is 20.5. The lowest BCUT2D eigenvalue weighted by molar-refractivity contribution is -0.123. The molecule has 1 heterocycles. The molecule has 2 unspecified atom stereocenters. The Morgan fingerprint density at radius 2 is 1.93 bits per heavy atom. The Morgan fingerprint density at radius 3 is 2.54 bits per heavy atom. The topological polar surface area (TPSA) is 126 Å². The van der Waals surface area contributed by atoms with Gasteiger partial charge in [0, 0.05) is 25.4 Å². The van der Waals surface area contributed by atoms with Crippen LogP contribution in [0, 0.1) is 11.8 Å². The molecule has 1 saturated carbocycles. The predicted molar refractivity (Wildman–Crippen MR) is 108 cm³/mol. The van der Waals surface area contributed by atoms with Crippen molar-refractivity contribution in [3.05, 3.63) is 0 Å². The first-order chi connectivity index (χ1) is 13.3. The van der Waals surface area contributed by atoms with Crippen LogP contribution in [0.2, 0.25) is 0 Å². The van der Waals surface area contributed by atoms with E-state index in [2.05, 4.69) is 20.9 Å². The van der Waals surface area contributed by atoms with Gasteiger partial charge in [0.1, 0.15) is 6.04 Å². The van der Waals surface area contributed by atoms with Crippen LogP contribution in [-0.2, 0) is 14.4 Å². The van der Waals surface area contributed by atoms with Crippen molar-refractivity contribution in [2.45, 2.75) is 83.7 Å². The fraction of sp³-hybridized carbons (Fsp3) is 0.800. The zero-order valence-corrected chi connectivity index (χ0v) is 17.1. The Bertz CT molecular complexity index is 584. The Hall–Kier alpha value is -2.12. The number of nitrogens with two attached hydrogens (primary N) is 1. The van der Waals surface area contributed by atoms with Crippen LogP contribution < -0.4 is 21.7 Å². The SMILES string of the molecule is CC(C)CNC(=O)C(CC1CCCCC1)N=C(N)NC(=O)CC1CCC(=O)N1. The van der Waals surface area contributed by atoms with Crippen molar-refractivity contribution in [2.24, 2.45) is 22.6 Å².